The molecule has 11 heteroatoms. The molecular weight excluding hydrogens is 413 g/mol. The van der Waals surface area contributed by atoms with Gasteiger partial charge in [-0.2, -0.15) is 13.2 Å². The van der Waals surface area contributed by atoms with Crippen molar-refractivity contribution in [3.05, 3.63) is 39.3 Å². The van der Waals surface area contributed by atoms with Crippen LogP contribution in [0.3, 0.4) is 0 Å². The number of alkyl halides is 3. The molecule has 0 spiro atoms. The van der Waals surface area contributed by atoms with E-state index in [1.54, 1.807) is 13.1 Å². The van der Waals surface area contributed by atoms with Gasteiger partial charge in [-0.1, -0.05) is 11.6 Å². The fraction of sp³-hybridized carbons (Fsp3) is 0.500. The van der Waals surface area contributed by atoms with Gasteiger partial charge in [0.25, 0.3) is 5.56 Å². The van der Waals surface area contributed by atoms with E-state index in [1.165, 1.54) is 16.8 Å². The highest BCUT2D eigenvalue weighted by atomic mass is 35.5. The quantitative estimate of drug-likeness (QED) is 0.739. The van der Waals surface area contributed by atoms with Gasteiger partial charge >= 0.3 is 12.1 Å². The predicted octanol–water partition coefficient (Wildman–Crippen LogP) is 1.10. The number of nitrogens with zero attached hydrogens (tertiary/aromatic N) is 3. The third kappa shape index (κ3) is 4.71. The van der Waals surface area contributed by atoms with Crippen LogP contribution in [-0.2, 0) is 18.3 Å². The number of β-amino-alcohol motifs (C(OH)–C–C–N with tert-alkyl or cyclic N) is 1. The Balaban J connectivity index is 1.67. The van der Waals surface area contributed by atoms with Gasteiger partial charge in [-0.25, -0.2) is 0 Å². The number of fused-ring (bicyclic) bond motifs is 1. The number of aryl methyl sites for hydroxylation is 1. The number of aliphatic hydroxyl groups excluding tert-OH is 1. The van der Waals surface area contributed by atoms with Gasteiger partial charge in [0.15, 0.2) is 0 Å². The van der Waals surface area contributed by atoms with E-state index in [1.807, 2.05) is 10.2 Å². The number of aliphatic hydroxyl groups is 1. The van der Waals surface area contributed by atoms with Gasteiger partial charge in [0.1, 0.15) is 0 Å². The lowest BCUT2D eigenvalue weighted by Crippen LogP contribution is -2.41. The van der Waals surface area contributed by atoms with E-state index < -0.39 is 24.1 Å². The van der Waals surface area contributed by atoms with Crippen LogP contribution in [0.5, 0.6) is 0 Å². The fourth-order valence-corrected chi connectivity index (χ4v) is 3.79. The average Bonchev–Trinajstić information content (AvgIpc) is 3.01. The first-order chi connectivity index (χ1) is 13.6. The second-order valence-corrected chi connectivity index (χ2v) is 7.50. The highest BCUT2D eigenvalue weighted by Crippen LogP contribution is 2.25. The normalized spacial score (nSPS) is 20.3. The highest BCUT2D eigenvalue weighted by Gasteiger charge is 2.40. The van der Waals surface area contributed by atoms with Crippen molar-refractivity contribution in [3.63, 3.8) is 0 Å². The summed E-state index contributed by atoms with van der Waals surface area (Å²) in [5.74, 6) is -2.52. The molecule has 1 saturated heterocycles. The number of hydrogen-bond donors (Lipinski definition) is 2. The van der Waals surface area contributed by atoms with E-state index in [2.05, 4.69) is 4.98 Å². The zero-order valence-corrected chi connectivity index (χ0v) is 16.3. The monoisotopic (exact) mass is 432 g/mol. The van der Waals surface area contributed by atoms with Crippen LogP contribution in [0.2, 0.25) is 5.02 Å². The minimum Gasteiger partial charge on any atom is -0.391 e. The van der Waals surface area contributed by atoms with Crippen molar-refractivity contribution in [1.29, 1.82) is 0 Å². The maximum Gasteiger partial charge on any atom is 0.471 e. The number of hydrogen-bond acceptors (Lipinski definition) is 5. The lowest BCUT2D eigenvalue weighted by molar-refractivity contribution is -0.173. The standard InChI is InChI=1S/C18H20ClF3N4O3/c1-25-15(28)3-2-13-16(25)11(12(19)7-23-13)4-5-26-8-10(14(27)9-26)6-24-17(29)18(20,21)22/h2-3,7,10,14,27H,4-6,8-9H2,1H3,(H,24,29)/t10-,14+/m1/s1. The van der Waals surface area contributed by atoms with Gasteiger partial charge in [0, 0.05) is 51.4 Å². The number of carbonyl (C=O) groups is 1. The Morgan fingerprint density at radius 1 is 1.38 bits per heavy atom. The number of halogens is 4. The Bertz CT molecular complexity index is 979. The van der Waals surface area contributed by atoms with Gasteiger partial charge in [0.05, 0.1) is 22.2 Å². The number of aromatic nitrogens is 2. The van der Waals surface area contributed by atoms with Crippen LogP contribution in [0.4, 0.5) is 13.2 Å². The number of rotatable bonds is 5. The Morgan fingerprint density at radius 2 is 2.10 bits per heavy atom. The van der Waals surface area contributed by atoms with Crippen molar-refractivity contribution in [3.8, 4) is 0 Å². The van der Waals surface area contributed by atoms with Gasteiger partial charge in [-0.3, -0.25) is 19.5 Å². The maximum absolute atomic E-state index is 12.3. The molecule has 0 saturated carbocycles. The van der Waals surface area contributed by atoms with Crippen LogP contribution >= 0.6 is 11.6 Å². The molecule has 7 nitrogen and oxygen atoms in total. The first kappa shape index (κ1) is 21.5. The van der Waals surface area contributed by atoms with E-state index >= 15 is 0 Å². The molecule has 29 heavy (non-hydrogen) atoms. The zero-order valence-electron chi connectivity index (χ0n) is 15.5. The van der Waals surface area contributed by atoms with Gasteiger partial charge in [0.2, 0.25) is 0 Å². The summed E-state index contributed by atoms with van der Waals surface area (Å²) in [4.78, 5) is 29.1. The number of amides is 1. The smallest absolute Gasteiger partial charge is 0.391 e. The van der Waals surface area contributed by atoms with E-state index in [0.29, 0.717) is 35.6 Å². The van der Waals surface area contributed by atoms with Crippen LogP contribution < -0.4 is 10.9 Å². The fourth-order valence-electron chi connectivity index (χ4n) is 3.56. The minimum absolute atomic E-state index is 0.195. The Labute approximate surface area is 169 Å². The number of nitrogens with one attached hydrogen (secondary N) is 1. The van der Waals surface area contributed by atoms with E-state index in [-0.39, 0.29) is 18.6 Å². The van der Waals surface area contributed by atoms with Crippen LogP contribution in [0, 0.1) is 5.92 Å². The SMILES string of the molecule is Cn1c(=O)ccc2ncc(Cl)c(CCN3C[C@@H](CNC(=O)C(F)(F)F)[C@@H](O)C3)c21. The van der Waals surface area contributed by atoms with Crippen LogP contribution in [-0.4, -0.2) is 63.9 Å². The average molecular weight is 433 g/mol. The first-order valence-electron chi connectivity index (χ1n) is 8.96. The topological polar surface area (TPSA) is 87.5 Å². The number of pyridine rings is 2. The molecule has 0 aliphatic carbocycles. The van der Waals surface area contributed by atoms with Crippen LogP contribution in [0.1, 0.15) is 5.56 Å². The second kappa shape index (κ2) is 8.29. The summed E-state index contributed by atoms with van der Waals surface area (Å²) in [7, 11) is 1.63. The molecule has 0 aromatic carbocycles. The summed E-state index contributed by atoms with van der Waals surface area (Å²) in [6.07, 6.45) is -3.82. The molecule has 3 heterocycles. The van der Waals surface area contributed by atoms with Crippen molar-refractivity contribution in [2.75, 3.05) is 26.2 Å². The van der Waals surface area contributed by atoms with Crippen molar-refractivity contribution < 1.29 is 23.1 Å². The summed E-state index contributed by atoms with van der Waals surface area (Å²) in [5.41, 5.74) is 1.79. The van der Waals surface area contributed by atoms with Gasteiger partial charge in [-0.05, 0) is 18.1 Å². The third-order valence-corrected chi connectivity index (χ3v) is 5.45. The van der Waals surface area contributed by atoms with Crippen molar-refractivity contribution in [2.24, 2.45) is 13.0 Å². The molecule has 2 atom stereocenters. The van der Waals surface area contributed by atoms with Crippen molar-refractivity contribution in [2.45, 2.75) is 18.7 Å². The molecule has 1 aliphatic rings. The molecular formula is C18H20ClF3N4O3. The zero-order chi connectivity index (χ0) is 21.3. The maximum atomic E-state index is 12.3. The Hall–Kier alpha value is -2.17. The highest BCUT2D eigenvalue weighted by molar-refractivity contribution is 6.32. The lowest BCUT2D eigenvalue weighted by Gasteiger charge is -2.18. The predicted molar refractivity (Wildman–Crippen MR) is 101 cm³/mol. The van der Waals surface area contributed by atoms with Gasteiger partial charge < -0.3 is 15.0 Å². The van der Waals surface area contributed by atoms with Crippen molar-refractivity contribution in [1.82, 2.24) is 19.8 Å². The molecule has 1 aliphatic heterocycles. The minimum atomic E-state index is -4.95. The summed E-state index contributed by atoms with van der Waals surface area (Å²) in [5, 5.41) is 12.4. The van der Waals surface area contributed by atoms with E-state index in [0.717, 1.165) is 5.56 Å². The summed E-state index contributed by atoms with van der Waals surface area (Å²) >= 11 is 6.30. The van der Waals surface area contributed by atoms with Crippen molar-refractivity contribution >= 4 is 28.5 Å². The molecule has 2 aromatic heterocycles. The second-order valence-electron chi connectivity index (χ2n) is 7.09. The Morgan fingerprint density at radius 3 is 2.79 bits per heavy atom. The lowest BCUT2D eigenvalue weighted by atomic mass is 10.1. The number of carbonyl (C=O) groups excluding carboxylic acids is 1. The molecule has 0 unspecified atom stereocenters. The number of likely N-dealkylation sites (tertiary alicyclic amines) is 1. The molecule has 2 N–H and O–H groups in total. The molecule has 0 bridgehead atoms. The Kier molecular flexibility index (Phi) is 6.16. The molecule has 158 valence electrons. The molecule has 2 aromatic rings. The van der Waals surface area contributed by atoms with E-state index in [4.69, 9.17) is 11.6 Å². The third-order valence-electron chi connectivity index (χ3n) is 5.13. The molecule has 0 radical (unpaired) electrons. The van der Waals surface area contributed by atoms with Crippen LogP contribution in [0.15, 0.2) is 23.1 Å². The molecule has 3 rings (SSSR count). The summed E-state index contributed by atoms with van der Waals surface area (Å²) in [6, 6.07) is 3.04. The van der Waals surface area contributed by atoms with E-state index in [9.17, 15) is 27.9 Å². The summed E-state index contributed by atoms with van der Waals surface area (Å²) in [6.45, 7) is 0.817. The van der Waals surface area contributed by atoms with Gasteiger partial charge in [-0.15, -0.1) is 0 Å². The molecule has 1 amide bonds. The molecule has 1 fully saturated rings. The first-order valence-corrected chi connectivity index (χ1v) is 9.34. The largest absolute Gasteiger partial charge is 0.471 e. The summed E-state index contributed by atoms with van der Waals surface area (Å²) < 4.78 is 38.4. The van der Waals surface area contributed by atoms with Crippen LogP contribution in [0.25, 0.3) is 11.0 Å².